The van der Waals surface area contributed by atoms with Crippen molar-refractivity contribution >= 4 is 29.4 Å². The monoisotopic (exact) mass is 209 g/mol. The summed E-state index contributed by atoms with van der Waals surface area (Å²) in [4.78, 5) is 1.08. The van der Waals surface area contributed by atoms with Crippen LogP contribution in [0, 0.1) is 11.3 Å². The minimum atomic E-state index is 0.721. The zero-order chi connectivity index (χ0) is 9.68. The van der Waals surface area contributed by atoms with Crippen LogP contribution in [0.5, 0.6) is 0 Å². The van der Waals surface area contributed by atoms with Gasteiger partial charge < -0.3 is 0 Å². The van der Waals surface area contributed by atoms with Gasteiger partial charge in [-0.25, -0.2) is 0 Å². The average molecular weight is 210 g/mol. The van der Waals surface area contributed by atoms with Crippen molar-refractivity contribution in [2.75, 3.05) is 6.26 Å². The number of rotatable bonds is 2. The molecule has 0 atom stereocenters. The minimum Gasteiger partial charge on any atom is -0.193 e. The van der Waals surface area contributed by atoms with Crippen LogP contribution >= 0.6 is 23.4 Å². The molecule has 0 fully saturated rings. The molecule has 1 aromatic rings. The van der Waals surface area contributed by atoms with Gasteiger partial charge in [0.05, 0.1) is 6.07 Å². The number of nitrogens with zero attached hydrogens (tertiary/aromatic N) is 1. The van der Waals surface area contributed by atoms with Crippen LogP contribution in [0.1, 0.15) is 5.56 Å². The van der Waals surface area contributed by atoms with Gasteiger partial charge in [0, 0.05) is 16.0 Å². The molecule has 0 heterocycles. The largest absolute Gasteiger partial charge is 0.193 e. The Bertz CT molecular complexity index is 366. The fourth-order valence-corrected chi connectivity index (χ4v) is 1.80. The SMILES string of the molecule is CSc1cc(Cl)ccc1C=CC#N. The van der Waals surface area contributed by atoms with Crippen molar-refractivity contribution in [2.45, 2.75) is 4.90 Å². The molecule has 66 valence electrons. The fraction of sp³-hybridized carbons (Fsp3) is 0.100. The van der Waals surface area contributed by atoms with Gasteiger partial charge >= 0.3 is 0 Å². The van der Waals surface area contributed by atoms with Gasteiger partial charge in [-0.1, -0.05) is 17.7 Å². The highest BCUT2D eigenvalue weighted by Crippen LogP contribution is 2.25. The van der Waals surface area contributed by atoms with E-state index >= 15 is 0 Å². The van der Waals surface area contributed by atoms with Gasteiger partial charge in [-0.3, -0.25) is 0 Å². The summed E-state index contributed by atoms with van der Waals surface area (Å²) in [5.41, 5.74) is 1.03. The molecule has 0 aliphatic carbocycles. The molecule has 1 aromatic carbocycles. The van der Waals surface area contributed by atoms with Gasteiger partial charge in [-0.15, -0.1) is 11.8 Å². The van der Waals surface area contributed by atoms with Crippen LogP contribution in [0.2, 0.25) is 5.02 Å². The predicted molar refractivity (Wildman–Crippen MR) is 57.9 cm³/mol. The lowest BCUT2D eigenvalue weighted by Crippen LogP contribution is -1.78. The van der Waals surface area contributed by atoms with E-state index < -0.39 is 0 Å². The Kier molecular flexibility index (Phi) is 3.88. The Hall–Kier alpha value is -0.910. The highest BCUT2D eigenvalue weighted by Gasteiger charge is 1.98. The molecule has 0 bridgehead atoms. The predicted octanol–water partition coefficient (Wildman–Crippen LogP) is 3.60. The van der Waals surface area contributed by atoms with Gasteiger partial charge in [0.25, 0.3) is 0 Å². The summed E-state index contributed by atoms with van der Waals surface area (Å²) in [6.07, 6.45) is 5.22. The van der Waals surface area contributed by atoms with Crippen LogP contribution < -0.4 is 0 Å². The molecule has 0 aliphatic rings. The Morgan fingerprint density at radius 2 is 2.31 bits per heavy atom. The highest BCUT2D eigenvalue weighted by molar-refractivity contribution is 7.98. The summed E-state index contributed by atoms with van der Waals surface area (Å²) in [5, 5.41) is 9.10. The summed E-state index contributed by atoms with van der Waals surface area (Å²) in [5.74, 6) is 0. The first-order valence-electron chi connectivity index (χ1n) is 3.67. The number of hydrogen-bond acceptors (Lipinski definition) is 2. The highest BCUT2D eigenvalue weighted by atomic mass is 35.5. The van der Waals surface area contributed by atoms with Crippen molar-refractivity contribution < 1.29 is 0 Å². The molecule has 0 aromatic heterocycles. The van der Waals surface area contributed by atoms with Gasteiger partial charge in [-0.2, -0.15) is 5.26 Å². The molecule has 0 unspecified atom stereocenters. The number of halogens is 1. The third kappa shape index (κ3) is 2.80. The normalized spacial score (nSPS) is 10.2. The first-order chi connectivity index (χ1) is 6.27. The summed E-state index contributed by atoms with van der Waals surface area (Å²) in [6.45, 7) is 0. The Balaban J connectivity index is 3.07. The number of allylic oxidation sites excluding steroid dienone is 1. The molecule has 0 radical (unpaired) electrons. The topological polar surface area (TPSA) is 23.8 Å². The maximum absolute atomic E-state index is 8.38. The number of nitriles is 1. The van der Waals surface area contributed by atoms with Crippen LogP contribution in [-0.4, -0.2) is 6.26 Å². The van der Waals surface area contributed by atoms with E-state index in [-0.39, 0.29) is 0 Å². The second kappa shape index (κ2) is 4.96. The van der Waals surface area contributed by atoms with Crippen LogP contribution in [0.25, 0.3) is 6.08 Å². The fourth-order valence-electron chi connectivity index (χ4n) is 0.950. The van der Waals surface area contributed by atoms with Gasteiger partial charge in [0.1, 0.15) is 0 Å². The molecule has 1 nitrogen and oxygen atoms in total. The summed E-state index contributed by atoms with van der Waals surface area (Å²) >= 11 is 7.44. The van der Waals surface area contributed by atoms with Crippen molar-refractivity contribution in [1.29, 1.82) is 5.26 Å². The molecule has 0 spiro atoms. The molecule has 0 saturated carbocycles. The quantitative estimate of drug-likeness (QED) is 0.549. The van der Waals surface area contributed by atoms with Crippen molar-refractivity contribution in [3.63, 3.8) is 0 Å². The second-order valence-corrected chi connectivity index (χ2v) is 3.63. The molecule has 0 aliphatic heterocycles. The molecule has 13 heavy (non-hydrogen) atoms. The molecule has 0 amide bonds. The van der Waals surface area contributed by atoms with E-state index in [0.29, 0.717) is 0 Å². The van der Waals surface area contributed by atoms with Crippen LogP contribution in [-0.2, 0) is 0 Å². The molecule has 3 heteroatoms. The molecule has 0 saturated heterocycles. The van der Waals surface area contributed by atoms with Crippen LogP contribution in [0.4, 0.5) is 0 Å². The van der Waals surface area contributed by atoms with E-state index in [1.807, 2.05) is 30.5 Å². The first kappa shape index (κ1) is 10.2. The lowest BCUT2D eigenvalue weighted by atomic mass is 10.2. The van der Waals surface area contributed by atoms with E-state index in [4.69, 9.17) is 16.9 Å². The third-order valence-electron chi connectivity index (χ3n) is 1.53. The third-order valence-corrected chi connectivity index (χ3v) is 2.56. The average Bonchev–Trinajstić information content (AvgIpc) is 2.16. The zero-order valence-corrected chi connectivity index (χ0v) is 8.69. The minimum absolute atomic E-state index is 0.721. The molecular weight excluding hydrogens is 202 g/mol. The Morgan fingerprint density at radius 1 is 1.54 bits per heavy atom. The van der Waals surface area contributed by atoms with Crippen molar-refractivity contribution in [3.05, 3.63) is 34.9 Å². The van der Waals surface area contributed by atoms with Gasteiger partial charge in [0.2, 0.25) is 0 Å². The lowest BCUT2D eigenvalue weighted by molar-refractivity contribution is 1.43. The van der Waals surface area contributed by atoms with E-state index in [1.165, 1.54) is 6.08 Å². The molecule has 0 N–H and O–H groups in total. The van der Waals surface area contributed by atoms with E-state index in [1.54, 1.807) is 17.8 Å². The number of thioether (sulfide) groups is 1. The Morgan fingerprint density at radius 3 is 2.92 bits per heavy atom. The maximum atomic E-state index is 8.38. The van der Waals surface area contributed by atoms with Crippen LogP contribution in [0.15, 0.2) is 29.2 Å². The second-order valence-electron chi connectivity index (χ2n) is 2.35. The van der Waals surface area contributed by atoms with Crippen molar-refractivity contribution in [3.8, 4) is 6.07 Å². The van der Waals surface area contributed by atoms with Gasteiger partial charge in [-0.05, 0) is 30.0 Å². The van der Waals surface area contributed by atoms with Crippen molar-refractivity contribution in [2.24, 2.45) is 0 Å². The molecular formula is C10H8ClNS. The Labute approximate surface area is 87.0 Å². The number of hydrogen-bond donors (Lipinski definition) is 0. The zero-order valence-electron chi connectivity index (χ0n) is 7.12. The van der Waals surface area contributed by atoms with Crippen molar-refractivity contribution in [1.82, 2.24) is 0 Å². The van der Waals surface area contributed by atoms with E-state index in [9.17, 15) is 0 Å². The summed E-state index contributed by atoms with van der Waals surface area (Å²) in [6, 6.07) is 7.57. The summed E-state index contributed by atoms with van der Waals surface area (Å²) in [7, 11) is 0. The summed E-state index contributed by atoms with van der Waals surface area (Å²) < 4.78 is 0. The van der Waals surface area contributed by atoms with Gasteiger partial charge in [0.15, 0.2) is 0 Å². The lowest BCUT2D eigenvalue weighted by Gasteiger charge is -2.01. The molecule has 1 rings (SSSR count). The van der Waals surface area contributed by atoms with Crippen LogP contribution in [0.3, 0.4) is 0 Å². The number of benzene rings is 1. The van der Waals surface area contributed by atoms with E-state index in [0.717, 1.165) is 15.5 Å². The standard InChI is InChI=1S/C10H8ClNS/c1-13-10-7-9(11)5-4-8(10)3-2-6-12/h2-5,7H,1H3. The smallest absolute Gasteiger partial charge is 0.0912 e. The first-order valence-corrected chi connectivity index (χ1v) is 5.28. The maximum Gasteiger partial charge on any atom is 0.0912 e. The van der Waals surface area contributed by atoms with E-state index in [2.05, 4.69) is 0 Å².